The van der Waals surface area contributed by atoms with Crippen molar-refractivity contribution >= 4 is 5.91 Å². The van der Waals surface area contributed by atoms with E-state index in [-0.39, 0.29) is 25.0 Å². The first-order chi connectivity index (χ1) is 9.10. The van der Waals surface area contributed by atoms with Crippen LogP contribution in [0.1, 0.15) is 17.5 Å². The first-order valence-corrected chi connectivity index (χ1v) is 6.69. The summed E-state index contributed by atoms with van der Waals surface area (Å²) in [5, 5.41) is 9.07. The van der Waals surface area contributed by atoms with Crippen LogP contribution >= 0.6 is 0 Å². The van der Waals surface area contributed by atoms with Crippen LogP contribution in [0.3, 0.4) is 0 Å². The molecule has 4 heteroatoms. The molecule has 1 aromatic carbocycles. The highest BCUT2D eigenvalue weighted by molar-refractivity contribution is 5.78. The average molecular weight is 263 g/mol. The molecule has 1 amide bonds. The Morgan fingerprint density at radius 1 is 1.47 bits per heavy atom. The number of aliphatic hydroxyl groups is 1. The molecule has 0 radical (unpaired) electrons. The number of hydrogen-bond acceptors (Lipinski definition) is 3. The number of carbonyl (C=O) groups excluding carboxylic acids is 1. The molecule has 1 aliphatic rings. The van der Waals surface area contributed by atoms with Crippen molar-refractivity contribution in [2.45, 2.75) is 20.3 Å². The maximum absolute atomic E-state index is 12.0. The van der Waals surface area contributed by atoms with Crippen molar-refractivity contribution < 1.29 is 14.6 Å². The zero-order valence-corrected chi connectivity index (χ0v) is 11.6. The molecule has 0 spiro atoms. The molecule has 19 heavy (non-hydrogen) atoms. The number of amides is 1. The van der Waals surface area contributed by atoms with Gasteiger partial charge >= 0.3 is 0 Å². The Morgan fingerprint density at radius 3 is 2.95 bits per heavy atom. The highest BCUT2D eigenvalue weighted by Crippen LogP contribution is 2.20. The van der Waals surface area contributed by atoms with Crippen LogP contribution in [-0.2, 0) is 4.79 Å². The van der Waals surface area contributed by atoms with Gasteiger partial charge in [-0.25, -0.2) is 0 Å². The monoisotopic (exact) mass is 263 g/mol. The number of hydrogen-bond donors (Lipinski definition) is 1. The molecule has 1 fully saturated rings. The lowest BCUT2D eigenvalue weighted by molar-refractivity contribution is -0.132. The number of rotatable bonds is 4. The minimum absolute atomic E-state index is 0.00291. The van der Waals surface area contributed by atoms with Crippen molar-refractivity contribution in [3.8, 4) is 5.75 Å². The first-order valence-electron chi connectivity index (χ1n) is 6.69. The predicted molar refractivity (Wildman–Crippen MR) is 73.2 cm³/mol. The maximum atomic E-state index is 12.0. The number of benzene rings is 1. The van der Waals surface area contributed by atoms with Crippen molar-refractivity contribution in [3.63, 3.8) is 0 Å². The molecule has 1 saturated heterocycles. The minimum atomic E-state index is -0.00291. The predicted octanol–water partition coefficient (Wildman–Crippen LogP) is 1.52. The molecule has 1 atom stereocenters. The van der Waals surface area contributed by atoms with E-state index in [9.17, 15) is 4.79 Å². The Balaban J connectivity index is 1.88. The van der Waals surface area contributed by atoms with Crippen LogP contribution in [0.15, 0.2) is 18.2 Å². The SMILES string of the molecule is Cc1ccc(C)c(OCC(=O)N2CCC(CO)C2)c1. The molecule has 0 aliphatic carbocycles. The Bertz CT molecular complexity index is 459. The van der Waals surface area contributed by atoms with Gasteiger partial charge in [-0.1, -0.05) is 12.1 Å². The number of nitrogens with zero attached hydrogens (tertiary/aromatic N) is 1. The maximum Gasteiger partial charge on any atom is 0.260 e. The summed E-state index contributed by atoms with van der Waals surface area (Å²) >= 11 is 0. The average Bonchev–Trinajstić information content (AvgIpc) is 2.88. The topological polar surface area (TPSA) is 49.8 Å². The van der Waals surface area contributed by atoms with Gasteiger partial charge in [0, 0.05) is 25.6 Å². The van der Waals surface area contributed by atoms with Gasteiger partial charge in [-0.05, 0) is 37.5 Å². The van der Waals surface area contributed by atoms with Crippen LogP contribution in [0.2, 0.25) is 0 Å². The quantitative estimate of drug-likeness (QED) is 0.896. The summed E-state index contributed by atoms with van der Waals surface area (Å²) in [6.45, 7) is 5.56. The van der Waals surface area contributed by atoms with Gasteiger partial charge in [-0.3, -0.25) is 4.79 Å². The van der Waals surface area contributed by atoms with Gasteiger partial charge in [0.05, 0.1) is 0 Å². The second-order valence-corrected chi connectivity index (χ2v) is 5.23. The van der Waals surface area contributed by atoms with E-state index >= 15 is 0 Å². The molecule has 0 bridgehead atoms. The standard InChI is InChI=1S/C15H21NO3/c1-11-3-4-12(2)14(7-11)19-10-15(18)16-6-5-13(8-16)9-17/h3-4,7,13,17H,5-6,8-10H2,1-2H3. The fourth-order valence-corrected chi connectivity index (χ4v) is 2.30. The summed E-state index contributed by atoms with van der Waals surface area (Å²) in [4.78, 5) is 13.8. The van der Waals surface area contributed by atoms with Gasteiger partial charge in [0.15, 0.2) is 6.61 Å². The van der Waals surface area contributed by atoms with Crippen LogP contribution < -0.4 is 4.74 Å². The molecule has 1 N–H and O–H groups in total. The number of ether oxygens (including phenoxy) is 1. The third-order valence-electron chi connectivity index (χ3n) is 3.59. The minimum Gasteiger partial charge on any atom is -0.483 e. The lowest BCUT2D eigenvalue weighted by Gasteiger charge is -2.17. The highest BCUT2D eigenvalue weighted by Gasteiger charge is 2.25. The van der Waals surface area contributed by atoms with Gasteiger partial charge in [0.1, 0.15) is 5.75 Å². The zero-order valence-electron chi connectivity index (χ0n) is 11.6. The highest BCUT2D eigenvalue weighted by atomic mass is 16.5. The molecule has 0 aromatic heterocycles. The van der Waals surface area contributed by atoms with E-state index in [2.05, 4.69) is 0 Å². The largest absolute Gasteiger partial charge is 0.483 e. The van der Waals surface area contributed by atoms with E-state index in [4.69, 9.17) is 9.84 Å². The second-order valence-electron chi connectivity index (χ2n) is 5.23. The summed E-state index contributed by atoms with van der Waals surface area (Å²) in [5.41, 5.74) is 2.16. The Hall–Kier alpha value is -1.55. The number of aryl methyl sites for hydroxylation is 2. The molecule has 2 rings (SSSR count). The third-order valence-corrected chi connectivity index (χ3v) is 3.59. The summed E-state index contributed by atoms with van der Waals surface area (Å²) in [6.07, 6.45) is 0.881. The van der Waals surface area contributed by atoms with E-state index in [1.807, 2.05) is 32.0 Å². The Kier molecular flexibility index (Phi) is 4.43. The molecule has 1 aliphatic heterocycles. The van der Waals surface area contributed by atoms with Gasteiger partial charge in [-0.15, -0.1) is 0 Å². The van der Waals surface area contributed by atoms with E-state index in [0.29, 0.717) is 6.54 Å². The molecule has 0 saturated carbocycles. The van der Waals surface area contributed by atoms with Crippen molar-refractivity contribution in [1.82, 2.24) is 4.90 Å². The number of carbonyl (C=O) groups is 1. The van der Waals surface area contributed by atoms with Crippen LogP contribution in [0.25, 0.3) is 0 Å². The van der Waals surface area contributed by atoms with Crippen LogP contribution in [0, 0.1) is 19.8 Å². The molecule has 4 nitrogen and oxygen atoms in total. The summed E-state index contributed by atoms with van der Waals surface area (Å²) in [7, 11) is 0. The van der Waals surface area contributed by atoms with Crippen molar-refractivity contribution in [1.29, 1.82) is 0 Å². The fourth-order valence-electron chi connectivity index (χ4n) is 2.30. The first kappa shape index (κ1) is 13.9. The number of likely N-dealkylation sites (tertiary alicyclic amines) is 1. The molecule has 1 unspecified atom stereocenters. The van der Waals surface area contributed by atoms with Gasteiger partial charge in [0.2, 0.25) is 0 Å². The molecular weight excluding hydrogens is 242 g/mol. The van der Waals surface area contributed by atoms with Crippen molar-refractivity contribution in [3.05, 3.63) is 29.3 Å². The molecule has 1 heterocycles. The third kappa shape index (κ3) is 3.47. The summed E-state index contributed by atoms with van der Waals surface area (Å²) in [6, 6.07) is 5.96. The normalized spacial score (nSPS) is 18.7. The molecule has 104 valence electrons. The van der Waals surface area contributed by atoms with Crippen LogP contribution in [0.4, 0.5) is 0 Å². The van der Waals surface area contributed by atoms with E-state index in [0.717, 1.165) is 29.8 Å². The lowest BCUT2D eigenvalue weighted by atomic mass is 10.1. The van der Waals surface area contributed by atoms with E-state index in [1.165, 1.54) is 0 Å². The smallest absolute Gasteiger partial charge is 0.260 e. The second kappa shape index (κ2) is 6.06. The van der Waals surface area contributed by atoms with Gasteiger partial charge in [-0.2, -0.15) is 0 Å². The van der Waals surface area contributed by atoms with Gasteiger partial charge in [0.25, 0.3) is 5.91 Å². The van der Waals surface area contributed by atoms with Crippen LogP contribution in [0.5, 0.6) is 5.75 Å². The van der Waals surface area contributed by atoms with Crippen LogP contribution in [-0.4, -0.2) is 42.2 Å². The van der Waals surface area contributed by atoms with E-state index in [1.54, 1.807) is 4.90 Å². The lowest BCUT2D eigenvalue weighted by Crippen LogP contribution is -2.33. The van der Waals surface area contributed by atoms with Gasteiger partial charge < -0.3 is 14.7 Å². The van der Waals surface area contributed by atoms with Crippen molar-refractivity contribution in [2.24, 2.45) is 5.92 Å². The number of aliphatic hydroxyl groups excluding tert-OH is 1. The Labute approximate surface area is 114 Å². The molecular formula is C15H21NO3. The zero-order chi connectivity index (χ0) is 13.8. The fraction of sp³-hybridized carbons (Fsp3) is 0.533. The van der Waals surface area contributed by atoms with E-state index < -0.39 is 0 Å². The summed E-state index contributed by atoms with van der Waals surface area (Å²) in [5.74, 6) is 0.993. The Morgan fingerprint density at radius 2 is 2.26 bits per heavy atom. The summed E-state index contributed by atoms with van der Waals surface area (Å²) < 4.78 is 5.61. The van der Waals surface area contributed by atoms with Crippen molar-refractivity contribution in [2.75, 3.05) is 26.3 Å². The molecule has 1 aromatic rings.